The molecule has 0 spiro atoms. The number of carboxylic acids is 2. The Bertz CT molecular complexity index is 1610. The van der Waals surface area contributed by atoms with Gasteiger partial charge in [0.05, 0.1) is 0 Å². The molecule has 0 aliphatic carbocycles. The van der Waals surface area contributed by atoms with Crippen molar-refractivity contribution >= 4 is 36.2 Å². The van der Waals surface area contributed by atoms with Crippen LogP contribution in [0.25, 0.3) is 0 Å². The molecule has 4 heterocycles. The monoisotopic (exact) mass is 624 g/mol. The first kappa shape index (κ1) is 33.2. The van der Waals surface area contributed by atoms with Gasteiger partial charge in [-0.15, -0.1) is 0 Å². The third kappa shape index (κ3) is 6.82. The zero-order valence-corrected chi connectivity index (χ0v) is 27.2. The molecule has 44 heavy (non-hydrogen) atoms. The quantitative estimate of drug-likeness (QED) is 0.122. The van der Waals surface area contributed by atoms with Crippen molar-refractivity contribution < 1.29 is 29.7 Å². The lowest BCUT2D eigenvalue weighted by atomic mass is 9.87. The molecule has 0 radical (unpaired) electrons. The third-order valence-electron chi connectivity index (χ3n) is 9.29. The molecule has 238 valence electrons. The summed E-state index contributed by atoms with van der Waals surface area (Å²) in [5.41, 5.74) is 10.9. The van der Waals surface area contributed by atoms with Gasteiger partial charge in [-0.25, -0.2) is 4.99 Å². The van der Waals surface area contributed by atoms with Crippen molar-refractivity contribution in [2.24, 2.45) is 16.8 Å². The average molecular weight is 625 g/mol. The first-order chi connectivity index (χ1) is 20.7. The van der Waals surface area contributed by atoms with Crippen molar-refractivity contribution in [1.82, 2.24) is 15.0 Å². The molecule has 0 unspecified atom stereocenters. The summed E-state index contributed by atoms with van der Waals surface area (Å²) in [5.74, 6) is -2.07. The van der Waals surface area contributed by atoms with Crippen LogP contribution in [-0.4, -0.2) is 59.1 Å². The van der Waals surface area contributed by atoms with E-state index in [-0.39, 0.29) is 41.7 Å². The van der Waals surface area contributed by atoms with Crippen LogP contribution in [0.2, 0.25) is 0 Å². The summed E-state index contributed by atoms with van der Waals surface area (Å²) in [7, 11) is 0. The summed E-state index contributed by atoms with van der Waals surface area (Å²) in [6.07, 6.45) is 2.70. The normalized spacial score (nSPS) is 17.3. The van der Waals surface area contributed by atoms with E-state index < -0.39 is 11.9 Å². The van der Waals surface area contributed by atoms with E-state index in [0.29, 0.717) is 38.5 Å². The van der Waals surface area contributed by atoms with Crippen molar-refractivity contribution in [3.05, 3.63) is 61.9 Å². The first-order valence-electron chi connectivity index (χ1n) is 15.2. The Balaban J connectivity index is 1.74. The van der Waals surface area contributed by atoms with Crippen LogP contribution in [-0.2, 0) is 52.9 Å². The first-order valence-corrected chi connectivity index (χ1v) is 15.7. The number of carbonyl (C=O) groups is 3. The summed E-state index contributed by atoms with van der Waals surface area (Å²) in [6, 6.07) is 0. The zero-order valence-electron chi connectivity index (χ0n) is 26.3. The van der Waals surface area contributed by atoms with Gasteiger partial charge in [0.1, 0.15) is 0 Å². The van der Waals surface area contributed by atoms with Crippen molar-refractivity contribution in [3.63, 3.8) is 0 Å². The topological polar surface area (TPSA) is 172 Å². The van der Waals surface area contributed by atoms with Crippen LogP contribution in [0.1, 0.15) is 95.5 Å². The number of thiol groups is 1. The standard InChI is InChI=1S/C33H44N4O6S/c1-7-20-15(2)25(36-33(20)43)12-23-16(3)21(8-10-29(38)39)26(34-23)14-27-22(9-11-30(40)41)17(4)24(35-27)13-28-31(19(6)44)18(5)32(42)37-28/h18-19,31,34-36,43-44H,7-14H2,1-6H3,(H,38,39)(H,40,41)/t18-,19-,31+/m1/s1. The van der Waals surface area contributed by atoms with Gasteiger partial charge in [0.15, 0.2) is 5.88 Å². The summed E-state index contributed by atoms with van der Waals surface area (Å²) in [5, 5.41) is 29.3. The van der Waals surface area contributed by atoms with E-state index >= 15 is 0 Å². The molecule has 0 saturated carbocycles. The highest BCUT2D eigenvalue weighted by atomic mass is 32.1. The number of rotatable bonds is 14. The van der Waals surface area contributed by atoms with E-state index in [9.17, 15) is 29.7 Å². The number of carbonyl (C=O) groups excluding carboxylic acids is 1. The lowest BCUT2D eigenvalue weighted by Gasteiger charge is -2.20. The maximum absolute atomic E-state index is 12.5. The van der Waals surface area contributed by atoms with Gasteiger partial charge < -0.3 is 30.3 Å². The predicted octanol–water partition coefficient (Wildman–Crippen LogP) is 5.17. The number of carboxylic acid groups (broad SMARTS) is 2. The van der Waals surface area contributed by atoms with Crippen LogP contribution < -0.4 is 0 Å². The number of aromatic amines is 3. The van der Waals surface area contributed by atoms with Crippen LogP contribution in [0, 0.1) is 32.6 Å². The Kier molecular flexibility index (Phi) is 10.2. The predicted molar refractivity (Wildman–Crippen MR) is 172 cm³/mol. The molecule has 6 N–H and O–H groups in total. The number of nitrogens with zero attached hydrogens (tertiary/aromatic N) is 1. The van der Waals surface area contributed by atoms with E-state index in [0.717, 1.165) is 67.6 Å². The number of aliphatic carboxylic acids is 2. The van der Waals surface area contributed by atoms with Crippen molar-refractivity contribution in [2.75, 3.05) is 0 Å². The highest BCUT2D eigenvalue weighted by Gasteiger charge is 2.37. The van der Waals surface area contributed by atoms with Crippen molar-refractivity contribution in [1.29, 1.82) is 0 Å². The van der Waals surface area contributed by atoms with Crippen LogP contribution in [0.15, 0.2) is 4.99 Å². The maximum atomic E-state index is 12.5. The number of hydrogen-bond donors (Lipinski definition) is 7. The lowest BCUT2D eigenvalue weighted by Crippen LogP contribution is -2.27. The zero-order chi connectivity index (χ0) is 32.5. The minimum atomic E-state index is -0.891. The number of hydrogen-bond acceptors (Lipinski definition) is 5. The third-order valence-corrected chi connectivity index (χ3v) is 9.61. The molecule has 3 atom stereocenters. The fourth-order valence-electron chi connectivity index (χ4n) is 6.75. The van der Waals surface area contributed by atoms with Gasteiger partial charge in [-0.05, 0) is 67.9 Å². The smallest absolute Gasteiger partial charge is 0.303 e. The number of aromatic hydroxyl groups is 1. The number of aromatic nitrogens is 3. The minimum absolute atomic E-state index is 0.0242. The van der Waals surface area contributed by atoms with E-state index in [1.165, 1.54) is 0 Å². The van der Waals surface area contributed by atoms with Gasteiger partial charge in [-0.2, -0.15) is 12.6 Å². The number of nitrogens with one attached hydrogen (secondary N) is 3. The summed E-state index contributed by atoms with van der Waals surface area (Å²) in [4.78, 5) is 50.2. The van der Waals surface area contributed by atoms with Gasteiger partial charge in [0.2, 0.25) is 5.91 Å². The number of H-pyrrole nitrogens is 3. The molecule has 0 saturated heterocycles. The summed E-state index contributed by atoms with van der Waals surface area (Å²) in [6.45, 7) is 11.8. The molecule has 4 rings (SSSR count). The van der Waals surface area contributed by atoms with Gasteiger partial charge >= 0.3 is 11.9 Å². The van der Waals surface area contributed by atoms with Crippen LogP contribution in [0.5, 0.6) is 5.88 Å². The molecular weight excluding hydrogens is 580 g/mol. The molecule has 0 bridgehead atoms. The fraction of sp³-hybridized carbons (Fsp3) is 0.515. The van der Waals surface area contributed by atoms with Crippen LogP contribution in [0.4, 0.5) is 0 Å². The Labute approximate surface area is 263 Å². The van der Waals surface area contributed by atoms with Gasteiger partial charge in [-0.3, -0.25) is 14.4 Å². The Hall–Kier alpha value is -3.73. The largest absolute Gasteiger partial charge is 0.494 e. The average Bonchev–Trinajstić information content (AvgIpc) is 3.59. The molecule has 0 aromatic carbocycles. The van der Waals surface area contributed by atoms with Crippen molar-refractivity contribution in [3.8, 4) is 5.88 Å². The fourth-order valence-corrected chi connectivity index (χ4v) is 7.18. The molecule has 10 nitrogen and oxygen atoms in total. The second-order valence-electron chi connectivity index (χ2n) is 12.1. The Morgan fingerprint density at radius 1 is 0.818 bits per heavy atom. The second kappa shape index (κ2) is 13.5. The van der Waals surface area contributed by atoms with E-state index in [4.69, 9.17) is 0 Å². The molecule has 11 heteroatoms. The number of amides is 1. The van der Waals surface area contributed by atoms with E-state index in [1.807, 2.05) is 41.5 Å². The van der Waals surface area contributed by atoms with Gasteiger partial charge in [0.25, 0.3) is 0 Å². The highest BCUT2D eigenvalue weighted by molar-refractivity contribution is 7.81. The molecular formula is C33H44N4O6S. The highest BCUT2D eigenvalue weighted by Crippen LogP contribution is 2.33. The molecule has 1 amide bonds. The van der Waals surface area contributed by atoms with Gasteiger partial charge in [0, 0.05) is 88.9 Å². The Morgan fingerprint density at radius 3 is 1.73 bits per heavy atom. The van der Waals surface area contributed by atoms with Gasteiger partial charge in [-0.1, -0.05) is 20.8 Å². The molecule has 3 aromatic rings. The van der Waals surface area contributed by atoms with Crippen molar-refractivity contribution in [2.45, 2.75) is 98.2 Å². The summed E-state index contributed by atoms with van der Waals surface area (Å²) >= 11 is 4.63. The van der Waals surface area contributed by atoms with E-state index in [2.05, 4.69) is 32.6 Å². The van der Waals surface area contributed by atoms with E-state index in [1.54, 1.807) is 0 Å². The molecule has 0 fully saturated rings. The minimum Gasteiger partial charge on any atom is -0.494 e. The van der Waals surface area contributed by atoms with Crippen LogP contribution in [0.3, 0.4) is 0 Å². The lowest BCUT2D eigenvalue weighted by molar-refractivity contribution is -0.138. The SMILES string of the molecule is CCc1c(O)[nH]c(Cc2[nH]c(Cc3[nH]c(CC4=NC(=O)[C@H](C)[C@H]4[C@@H](C)S)c(C)c3CCC(=O)O)c(CCC(=O)O)c2C)c1C. The molecule has 1 aliphatic rings. The summed E-state index contributed by atoms with van der Waals surface area (Å²) < 4.78 is 0. The van der Waals surface area contributed by atoms with Crippen LogP contribution >= 0.6 is 12.6 Å². The molecule has 1 aliphatic heterocycles. The Morgan fingerprint density at radius 2 is 1.27 bits per heavy atom. The molecule has 3 aromatic heterocycles. The second-order valence-corrected chi connectivity index (χ2v) is 12.9. The number of aliphatic imine (C=N–C) groups is 1. The maximum Gasteiger partial charge on any atom is 0.303 e.